The first-order valence-corrected chi connectivity index (χ1v) is 8.99. The van der Waals surface area contributed by atoms with Crippen molar-refractivity contribution in [3.8, 4) is 5.75 Å². The van der Waals surface area contributed by atoms with Gasteiger partial charge in [0.25, 0.3) is 0 Å². The number of hydrogen-bond acceptors (Lipinski definition) is 4. The summed E-state index contributed by atoms with van der Waals surface area (Å²) in [5, 5.41) is 29.1. The molecule has 2 unspecified atom stereocenters. The van der Waals surface area contributed by atoms with E-state index in [-0.39, 0.29) is 11.9 Å². The lowest BCUT2D eigenvalue weighted by molar-refractivity contribution is 0.113. The zero-order valence-electron chi connectivity index (χ0n) is 14.4. The third kappa shape index (κ3) is 5.05. The van der Waals surface area contributed by atoms with Gasteiger partial charge >= 0.3 is 0 Å². The summed E-state index contributed by atoms with van der Waals surface area (Å²) in [6.45, 7) is 2.60. The minimum Gasteiger partial charge on any atom is -0.508 e. The van der Waals surface area contributed by atoms with Gasteiger partial charge in [0.05, 0.1) is 12.2 Å². The second kappa shape index (κ2) is 8.48. The van der Waals surface area contributed by atoms with E-state index in [9.17, 15) is 15.3 Å². The smallest absolute Gasteiger partial charge is 0.115 e. The molecule has 1 saturated heterocycles. The van der Waals surface area contributed by atoms with Crippen molar-refractivity contribution in [1.29, 1.82) is 0 Å². The number of aromatic hydroxyl groups is 1. The summed E-state index contributed by atoms with van der Waals surface area (Å²) in [5.74, 6) is 1.42. The van der Waals surface area contributed by atoms with Gasteiger partial charge in [-0.25, -0.2) is 0 Å². The number of phenolic OH excluding ortho intramolecular Hbond substituents is 1. The molecule has 2 aromatic rings. The van der Waals surface area contributed by atoms with E-state index >= 15 is 0 Å². The molecule has 1 saturated carbocycles. The van der Waals surface area contributed by atoms with Crippen LogP contribution in [0.1, 0.15) is 24.5 Å². The Hall–Kier alpha value is -1.88. The fourth-order valence-electron chi connectivity index (χ4n) is 3.95. The lowest BCUT2D eigenvalue weighted by Gasteiger charge is -2.21. The van der Waals surface area contributed by atoms with Gasteiger partial charge < -0.3 is 15.3 Å². The van der Waals surface area contributed by atoms with Gasteiger partial charge in [-0.1, -0.05) is 48.5 Å². The molecule has 0 radical (unpaired) electrons. The molecule has 0 aromatic heterocycles. The van der Waals surface area contributed by atoms with Crippen LogP contribution in [-0.2, 0) is 0 Å². The maximum absolute atomic E-state index is 10.2. The molecule has 0 bridgehead atoms. The number of fused-ring (bicyclic) bond motifs is 1. The molecule has 3 N–H and O–H groups in total. The van der Waals surface area contributed by atoms with Crippen molar-refractivity contribution >= 4 is 0 Å². The Labute approximate surface area is 149 Å². The van der Waals surface area contributed by atoms with Gasteiger partial charge in [0.1, 0.15) is 5.75 Å². The van der Waals surface area contributed by atoms with Crippen LogP contribution >= 0.6 is 0 Å². The summed E-state index contributed by atoms with van der Waals surface area (Å²) in [6.07, 6.45) is 1.20. The van der Waals surface area contributed by atoms with Crippen LogP contribution in [0.15, 0.2) is 60.7 Å². The molecule has 0 spiro atoms. The summed E-state index contributed by atoms with van der Waals surface area (Å²) in [4.78, 5) is 2.29. The molecule has 4 heteroatoms. The Bertz CT molecular complexity index is 591. The molecule has 1 aliphatic heterocycles. The molecule has 1 heterocycles. The summed E-state index contributed by atoms with van der Waals surface area (Å²) < 4.78 is 0. The summed E-state index contributed by atoms with van der Waals surface area (Å²) in [6, 6.07) is 18.7. The van der Waals surface area contributed by atoms with Gasteiger partial charge in [0.15, 0.2) is 0 Å². The molecule has 4 nitrogen and oxygen atoms in total. The zero-order chi connectivity index (χ0) is 17.6. The quantitative estimate of drug-likeness (QED) is 0.803. The van der Waals surface area contributed by atoms with E-state index in [0.29, 0.717) is 18.4 Å². The molecule has 25 heavy (non-hydrogen) atoms. The minimum atomic E-state index is -0.510. The molecule has 0 amide bonds. The first kappa shape index (κ1) is 17.9. The summed E-state index contributed by atoms with van der Waals surface area (Å²) in [7, 11) is 0. The lowest BCUT2D eigenvalue weighted by atomic mass is 10.0. The number of aliphatic hydroxyl groups excluding tert-OH is 2. The van der Waals surface area contributed by atoms with Gasteiger partial charge in [-0.2, -0.15) is 0 Å². The molecule has 4 rings (SSSR count). The van der Waals surface area contributed by atoms with Gasteiger partial charge in [-0.3, -0.25) is 4.90 Å². The first-order chi connectivity index (χ1) is 12.1. The van der Waals surface area contributed by atoms with E-state index in [2.05, 4.69) is 4.90 Å². The van der Waals surface area contributed by atoms with Crippen molar-refractivity contribution in [3.05, 3.63) is 66.2 Å². The minimum absolute atomic E-state index is 0.112. The number of nitrogens with zero attached hydrogens (tertiary/aromatic N) is 1. The predicted octanol–water partition coefficient (Wildman–Crippen LogP) is 2.81. The Balaban J connectivity index is 0.000000258. The van der Waals surface area contributed by atoms with Crippen molar-refractivity contribution in [2.45, 2.75) is 25.0 Å². The number of aliphatic hydroxyl groups is 2. The van der Waals surface area contributed by atoms with Crippen LogP contribution in [0, 0.1) is 11.8 Å². The number of phenols is 1. The van der Waals surface area contributed by atoms with Crippen molar-refractivity contribution in [3.63, 3.8) is 0 Å². The van der Waals surface area contributed by atoms with Crippen LogP contribution in [0.3, 0.4) is 0 Å². The monoisotopic (exact) mass is 341 g/mol. The normalized spacial score (nSPS) is 26.6. The number of hydrogen-bond donors (Lipinski definition) is 3. The Morgan fingerprint density at radius 1 is 0.880 bits per heavy atom. The van der Waals surface area contributed by atoms with Gasteiger partial charge in [-0.15, -0.1) is 0 Å². The maximum Gasteiger partial charge on any atom is 0.115 e. The van der Waals surface area contributed by atoms with Crippen LogP contribution in [0.2, 0.25) is 0 Å². The molecule has 4 atom stereocenters. The molecule has 2 aromatic carbocycles. The largest absolute Gasteiger partial charge is 0.508 e. The highest BCUT2D eigenvalue weighted by atomic mass is 16.3. The van der Waals surface area contributed by atoms with Gasteiger partial charge in [0.2, 0.25) is 0 Å². The Kier molecular flexibility index (Phi) is 6.08. The SMILES string of the molecule is Oc1ccc(C(O)CN2C[C@H]3CC(O)C[C@H]3C2)cc1.c1ccccc1. The molecule has 134 valence electrons. The highest BCUT2D eigenvalue weighted by Gasteiger charge is 2.40. The Morgan fingerprint density at radius 2 is 1.36 bits per heavy atom. The third-order valence-electron chi connectivity index (χ3n) is 5.18. The molecule has 2 aliphatic rings. The zero-order valence-corrected chi connectivity index (χ0v) is 14.4. The molecule has 1 aliphatic carbocycles. The lowest BCUT2D eigenvalue weighted by Crippen LogP contribution is -2.28. The average Bonchev–Trinajstić information content (AvgIpc) is 3.14. The van der Waals surface area contributed by atoms with Crippen LogP contribution in [0.4, 0.5) is 0 Å². The standard InChI is InChI=1S/C15H21NO3.C6H6/c17-13-3-1-10(2-4-13)15(19)9-16-7-11-5-14(18)6-12(11)8-16;1-2-4-6-5-3-1/h1-4,11-12,14-15,17-19H,5-9H2;1-6H/t11-,12+,14?,15?;. The van der Waals surface area contributed by atoms with Crippen molar-refractivity contribution in [2.75, 3.05) is 19.6 Å². The second-order valence-electron chi connectivity index (χ2n) is 7.13. The van der Waals surface area contributed by atoms with E-state index in [4.69, 9.17) is 0 Å². The van der Waals surface area contributed by atoms with Crippen molar-refractivity contribution in [2.24, 2.45) is 11.8 Å². The molecular formula is C21H27NO3. The number of rotatable bonds is 3. The maximum atomic E-state index is 10.2. The van der Waals surface area contributed by atoms with Crippen LogP contribution in [0.5, 0.6) is 5.75 Å². The first-order valence-electron chi connectivity index (χ1n) is 8.99. The summed E-state index contributed by atoms with van der Waals surface area (Å²) in [5.41, 5.74) is 0.842. The number of likely N-dealkylation sites (tertiary alicyclic amines) is 1. The van der Waals surface area contributed by atoms with Crippen LogP contribution < -0.4 is 0 Å². The van der Waals surface area contributed by atoms with Crippen molar-refractivity contribution in [1.82, 2.24) is 4.90 Å². The predicted molar refractivity (Wildman–Crippen MR) is 98.2 cm³/mol. The average molecular weight is 341 g/mol. The van der Waals surface area contributed by atoms with E-state index < -0.39 is 6.10 Å². The third-order valence-corrected chi connectivity index (χ3v) is 5.18. The van der Waals surface area contributed by atoms with E-state index in [1.54, 1.807) is 24.3 Å². The van der Waals surface area contributed by atoms with E-state index in [0.717, 1.165) is 31.5 Å². The number of β-amino-alcohol motifs (C(OH)–C–C–N with tert-alkyl or cyclic N) is 1. The highest BCUT2D eigenvalue weighted by Crippen LogP contribution is 2.38. The van der Waals surface area contributed by atoms with Gasteiger partial charge in [-0.05, 0) is 42.4 Å². The van der Waals surface area contributed by atoms with E-state index in [1.807, 2.05) is 36.4 Å². The fraction of sp³-hybridized carbons (Fsp3) is 0.429. The van der Waals surface area contributed by atoms with Gasteiger partial charge in [0, 0.05) is 19.6 Å². The topological polar surface area (TPSA) is 63.9 Å². The van der Waals surface area contributed by atoms with Crippen LogP contribution in [-0.4, -0.2) is 46.0 Å². The van der Waals surface area contributed by atoms with E-state index in [1.165, 1.54) is 0 Å². The Morgan fingerprint density at radius 3 is 1.84 bits per heavy atom. The van der Waals surface area contributed by atoms with Crippen molar-refractivity contribution < 1.29 is 15.3 Å². The molecular weight excluding hydrogens is 314 g/mol. The highest BCUT2D eigenvalue weighted by molar-refractivity contribution is 5.27. The summed E-state index contributed by atoms with van der Waals surface area (Å²) >= 11 is 0. The number of benzene rings is 2. The molecule has 2 fully saturated rings. The van der Waals surface area contributed by atoms with Crippen LogP contribution in [0.25, 0.3) is 0 Å². The fourth-order valence-corrected chi connectivity index (χ4v) is 3.95. The second-order valence-corrected chi connectivity index (χ2v) is 7.13.